The third kappa shape index (κ3) is 6.95. The molecule has 9 nitrogen and oxygen atoms in total. The summed E-state index contributed by atoms with van der Waals surface area (Å²) in [4.78, 5) is 31.2. The van der Waals surface area contributed by atoms with Gasteiger partial charge in [-0.15, -0.1) is 0 Å². The number of rotatable bonds is 6. The highest BCUT2D eigenvalue weighted by Crippen LogP contribution is 2.36. The van der Waals surface area contributed by atoms with Crippen molar-refractivity contribution in [1.82, 2.24) is 14.5 Å². The Morgan fingerprint density at radius 2 is 1.97 bits per heavy atom. The molecule has 0 unspecified atom stereocenters. The highest BCUT2D eigenvalue weighted by atomic mass is 19.4. The Balaban J connectivity index is 1.85. The molecule has 3 rings (SSSR count). The number of ether oxygens (including phenoxy) is 4. The van der Waals surface area contributed by atoms with E-state index in [1.54, 1.807) is 20.8 Å². The Labute approximate surface area is 200 Å². The molecule has 1 atom stereocenters. The molecular formula is C23H28F3N3O6. The first-order valence-corrected chi connectivity index (χ1v) is 10.9. The predicted molar refractivity (Wildman–Crippen MR) is 119 cm³/mol. The van der Waals surface area contributed by atoms with Crippen LogP contribution in [0.3, 0.4) is 0 Å². The maximum Gasteiger partial charge on any atom is 0.416 e. The number of alkyl halides is 3. The average Bonchev–Trinajstić information content (AvgIpc) is 2.77. The lowest BCUT2D eigenvalue weighted by molar-refractivity contribution is -0.137. The van der Waals surface area contributed by atoms with E-state index in [9.17, 15) is 22.8 Å². The molecule has 12 heteroatoms. The van der Waals surface area contributed by atoms with Gasteiger partial charge in [0.2, 0.25) is 0 Å². The van der Waals surface area contributed by atoms with Gasteiger partial charge in [-0.05, 0) is 39.0 Å². The van der Waals surface area contributed by atoms with E-state index in [2.05, 4.69) is 4.98 Å². The number of amides is 1. The van der Waals surface area contributed by atoms with Crippen LogP contribution in [0.5, 0.6) is 5.75 Å². The summed E-state index contributed by atoms with van der Waals surface area (Å²) in [5.74, 6) is -0.164. The van der Waals surface area contributed by atoms with Crippen molar-refractivity contribution in [1.29, 1.82) is 0 Å². The van der Waals surface area contributed by atoms with E-state index in [4.69, 9.17) is 18.9 Å². The van der Waals surface area contributed by atoms with Gasteiger partial charge in [-0.2, -0.15) is 13.2 Å². The molecule has 0 N–H and O–H groups in total. The van der Waals surface area contributed by atoms with Gasteiger partial charge in [0.15, 0.2) is 6.79 Å². The largest absolute Gasteiger partial charge is 0.467 e. The molecule has 1 aliphatic heterocycles. The normalized spacial score (nSPS) is 16.8. The van der Waals surface area contributed by atoms with Crippen molar-refractivity contribution in [2.24, 2.45) is 0 Å². The number of carbonyl (C=O) groups is 1. The van der Waals surface area contributed by atoms with E-state index in [0.29, 0.717) is 6.54 Å². The topological polar surface area (TPSA) is 92.1 Å². The molecule has 2 heterocycles. The number of hydrogen-bond acceptors (Lipinski definition) is 7. The van der Waals surface area contributed by atoms with Crippen molar-refractivity contribution in [3.8, 4) is 16.9 Å². The minimum Gasteiger partial charge on any atom is -0.467 e. The van der Waals surface area contributed by atoms with E-state index < -0.39 is 35.1 Å². The number of carbonyl (C=O) groups excluding carboxylic acids is 1. The fourth-order valence-electron chi connectivity index (χ4n) is 3.47. The number of morpholine rings is 1. The number of hydrogen-bond donors (Lipinski definition) is 0. The summed E-state index contributed by atoms with van der Waals surface area (Å²) in [7, 11) is 1.33. The van der Waals surface area contributed by atoms with Crippen LogP contribution in [0, 0.1) is 0 Å². The van der Waals surface area contributed by atoms with Gasteiger partial charge in [0.05, 0.1) is 43.3 Å². The van der Waals surface area contributed by atoms with Gasteiger partial charge >= 0.3 is 12.3 Å². The number of benzene rings is 1. The van der Waals surface area contributed by atoms with Crippen LogP contribution in [-0.2, 0) is 26.9 Å². The standard InChI is InChI=1S/C23H28F3N3O6/c1-22(2,3)35-21(31)28-7-8-33-16(11-28)12-29-13-27-10-18(20(29)30)17-6-5-15(23(24,25)26)9-19(17)34-14-32-4/h5-6,9-10,13,16H,7-8,11-12,14H2,1-4H3/t16-/m0/s1. The van der Waals surface area contributed by atoms with E-state index in [-0.39, 0.29) is 43.4 Å². The third-order valence-corrected chi connectivity index (χ3v) is 5.02. The minimum absolute atomic E-state index is 0.0483. The molecule has 1 aliphatic rings. The fourth-order valence-corrected chi connectivity index (χ4v) is 3.47. The van der Waals surface area contributed by atoms with Crippen LogP contribution in [0.4, 0.5) is 18.0 Å². The second-order valence-electron chi connectivity index (χ2n) is 8.94. The van der Waals surface area contributed by atoms with Crippen molar-refractivity contribution in [2.45, 2.75) is 45.2 Å². The smallest absolute Gasteiger partial charge is 0.416 e. The van der Waals surface area contributed by atoms with Gasteiger partial charge in [0.25, 0.3) is 5.56 Å². The van der Waals surface area contributed by atoms with Crippen LogP contribution in [0.25, 0.3) is 11.1 Å². The fraction of sp³-hybridized carbons (Fsp3) is 0.522. The number of aromatic nitrogens is 2. The highest BCUT2D eigenvalue weighted by molar-refractivity contribution is 5.70. The molecule has 0 spiro atoms. The molecule has 1 fully saturated rings. The SMILES string of the molecule is COCOc1cc(C(F)(F)F)ccc1-c1cncn(C[C@@H]2CN(C(=O)OC(C)(C)C)CCO2)c1=O. The Hall–Kier alpha value is -3.12. The molecule has 0 saturated carbocycles. The number of halogens is 3. The van der Waals surface area contributed by atoms with Gasteiger partial charge in [-0.25, -0.2) is 9.78 Å². The van der Waals surface area contributed by atoms with E-state index >= 15 is 0 Å². The Kier molecular flexibility index (Phi) is 8.06. The van der Waals surface area contributed by atoms with Crippen molar-refractivity contribution in [3.05, 3.63) is 46.6 Å². The van der Waals surface area contributed by atoms with Gasteiger partial charge in [0.1, 0.15) is 11.4 Å². The summed E-state index contributed by atoms with van der Waals surface area (Å²) < 4.78 is 62.1. The summed E-state index contributed by atoms with van der Waals surface area (Å²) in [6.45, 7) is 5.90. The molecule has 0 bridgehead atoms. The second-order valence-corrected chi connectivity index (χ2v) is 8.94. The molecule has 1 aromatic carbocycles. The minimum atomic E-state index is -4.59. The lowest BCUT2D eigenvalue weighted by Gasteiger charge is -2.34. The lowest BCUT2D eigenvalue weighted by atomic mass is 10.0. The van der Waals surface area contributed by atoms with E-state index in [1.807, 2.05) is 0 Å². The molecule has 1 aromatic heterocycles. The second kappa shape index (κ2) is 10.6. The van der Waals surface area contributed by atoms with Gasteiger partial charge in [-0.3, -0.25) is 9.36 Å². The first kappa shape index (κ1) is 26.5. The molecule has 35 heavy (non-hydrogen) atoms. The van der Waals surface area contributed by atoms with Gasteiger partial charge < -0.3 is 23.8 Å². The van der Waals surface area contributed by atoms with Crippen LogP contribution < -0.4 is 10.3 Å². The molecular weight excluding hydrogens is 471 g/mol. The molecule has 0 aliphatic carbocycles. The molecule has 2 aromatic rings. The van der Waals surface area contributed by atoms with Crippen LogP contribution in [0.2, 0.25) is 0 Å². The monoisotopic (exact) mass is 499 g/mol. The molecule has 192 valence electrons. The zero-order valence-electron chi connectivity index (χ0n) is 19.9. The third-order valence-electron chi connectivity index (χ3n) is 5.02. The Bertz CT molecular complexity index is 1100. The van der Waals surface area contributed by atoms with Crippen molar-refractivity contribution in [2.75, 3.05) is 33.6 Å². The summed E-state index contributed by atoms with van der Waals surface area (Å²) >= 11 is 0. The number of methoxy groups -OCH3 is 1. The highest BCUT2D eigenvalue weighted by Gasteiger charge is 2.32. The van der Waals surface area contributed by atoms with Crippen LogP contribution in [-0.4, -0.2) is 65.8 Å². The Morgan fingerprint density at radius 1 is 1.23 bits per heavy atom. The maximum absolute atomic E-state index is 13.2. The number of nitrogens with zero attached hydrogens (tertiary/aromatic N) is 3. The maximum atomic E-state index is 13.2. The van der Waals surface area contributed by atoms with E-state index in [0.717, 1.165) is 18.2 Å². The summed E-state index contributed by atoms with van der Waals surface area (Å²) in [5, 5.41) is 0. The summed E-state index contributed by atoms with van der Waals surface area (Å²) in [5.41, 5.74) is -1.88. The molecule has 0 radical (unpaired) electrons. The first-order chi connectivity index (χ1) is 16.4. The van der Waals surface area contributed by atoms with Crippen molar-refractivity contribution < 1.29 is 36.9 Å². The van der Waals surface area contributed by atoms with Gasteiger partial charge in [-0.1, -0.05) is 0 Å². The van der Waals surface area contributed by atoms with Crippen LogP contribution >= 0.6 is 0 Å². The van der Waals surface area contributed by atoms with Gasteiger partial charge in [0, 0.05) is 25.4 Å². The van der Waals surface area contributed by atoms with E-state index in [1.165, 1.54) is 29.1 Å². The molecule has 1 saturated heterocycles. The average molecular weight is 499 g/mol. The predicted octanol–water partition coefficient (Wildman–Crippen LogP) is 3.55. The zero-order chi connectivity index (χ0) is 25.8. The first-order valence-electron chi connectivity index (χ1n) is 10.9. The van der Waals surface area contributed by atoms with Crippen molar-refractivity contribution >= 4 is 6.09 Å². The Morgan fingerprint density at radius 3 is 2.63 bits per heavy atom. The van der Waals surface area contributed by atoms with Crippen LogP contribution in [0.1, 0.15) is 26.3 Å². The quantitative estimate of drug-likeness (QED) is 0.562. The summed E-state index contributed by atoms with van der Waals surface area (Å²) in [6, 6.07) is 2.85. The van der Waals surface area contributed by atoms with Crippen molar-refractivity contribution in [3.63, 3.8) is 0 Å². The zero-order valence-corrected chi connectivity index (χ0v) is 19.9. The summed E-state index contributed by atoms with van der Waals surface area (Å²) in [6.07, 6.45) is -3.01. The van der Waals surface area contributed by atoms with Crippen LogP contribution in [0.15, 0.2) is 35.5 Å². The molecule has 1 amide bonds. The lowest BCUT2D eigenvalue weighted by Crippen LogP contribution is -2.49.